The Kier molecular flexibility index (Phi) is 13.8. The summed E-state index contributed by atoms with van der Waals surface area (Å²) in [5.41, 5.74) is 7.53. The summed E-state index contributed by atoms with van der Waals surface area (Å²) in [5, 5.41) is 5.35. The molecule has 0 bridgehead atoms. The molecule has 1 atom stereocenters. The van der Waals surface area contributed by atoms with Gasteiger partial charge in [-0.05, 0) is 90.3 Å². The highest BCUT2D eigenvalue weighted by Gasteiger charge is 2.29. The predicted molar refractivity (Wildman–Crippen MR) is 213 cm³/mol. The molecule has 11 heteroatoms. The Morgan fingerprint density at radius 3 is 2.37 bits per heavy atom. The predicted octanol–water partition coefficient (Wildman–Crippen LogP) is 8.23. The van der Waals surface area contributed by atoms with Crippen molar-refractivity contribution in [2.45, 2.75) is 67.5 Å². The van der Waals surface area contributed by atoms with Crippen molar-refractivity contribution in [3.05, 3.63) is 82.0 Å². The topological polar surface area (TPSA) is 87.1 Å². The molecular weight excluding hydrogens is 671 g/mol. The largest absolute Gasteiger partial charge is 0.456 e. The van der Waals surface area contributed by atoms with Crippen molar-refractivity contribution in [1.82, 2.24) is 14.5 Å². The molecule has 3 aliphatic rings. The second-order valence-electron chi connectivity index (χ2n) is 13.8. The molecule has 0 aromatic heterocycles. The van der Waals surface area contributed by atoms with Crippen LogP contribution < -0.4 is 10.7 Å². The van der Waals surface area contributed by atoms with Gasteiger partial charge in [0.1, 0.15) is 18.0 Å². The number of fused-ring (bicyclic) bond motifs is 2. The van der Waals surface area contributed by atoms with Gasteiger partial charge in [0.15, 0.2) is 0 Å². The number of carbonyl (C=O) groups excluding carboxylic acids is 1. The molecule has 1 aliphatic carbocycles. The van der Waals surface area contributed by atoms with Gasteiger partial charge in [-0.25, -0.2) is 11.2 Å². The Morgan fingerprint density at radius 1 is 0.981 bits per heavy atom. The third-order valence-electron chi connectivity index (χ3n) is 9.43. The second-order valence-corrected chi connectivity index (χ2v) is 15.3. The van der Waals surface area contributed by atoms with E-state index in [-0.39, 0.29) is 18.0 Å². The van der Waals surface area contributed by atoms with Crippen molar-refractivity contribution in [1.29, 1.82) is 0 Å². The fourth-order valence-corrected chi connectivity index (χ4v) is 8.56. The molecule has 1 N–H and O–H groups in total. The quantitative estimate of drug-likeness (QED) is 0.0572. The lowest BCUT2D eigenvalue weighted by Crippen LogP contribution is -2.49. The third kappa shape index (κ3) is 9.02. The van der Waals surface area contributed by atoms with Crippen molar-refractivity contribution in [2.24, 2.45) is 4.99 Å². The normalized spacial score (nSPS) is 15.0. The van der Waals surface area contributed by atoms with E-state index in [9.17, 15) is 4.79 Å². The van der Waals surface area contributed by atoms with Crippen LogP contribution in [0.2, 0.25) is 0 Å². The van der Waals surface area contributed by atoms with Crippen LogP contribution in [0.3, 0.4) is 0 Å². The number of anilines is 1. The number of benzene rings is 3. The van der Waals surface area contributed by atoms with Gasteiger partial charge in [-0.1, -0.05) is 18.2 Å². The molecule has 2 heterocycles. The van der Waals surface area contributed by atoms with Crippen LogP contribution in [0, 0.1) is 20.4 Å². The second kappa shape index (κ2) is 18.3. The number of rotatable bonds is 15. The van der Waals surface area contributed by atoms with Gasteiger partial charge in [-0.3, -0.25) is 14.7 Å². The monoisotopic (exact) mass is 726 g/mol. The highest BCUT2D eigenvalue weighted by Crippen LogP contribution is 2.46. The van der Waals surface area contributed by atoms with Crippen LogP contribution >= 0.6 is 8.53 Å². The SMILES string of the molecule is [C-]#[N+]CCOP(OCCN1CCN(C(=O)c2ccccc2-c2c3cc(C)c(=NCC)cc-3oc3cc(NCC)c(C)cc23)CC1)N(C(C)C)C(C)C. The summed E-state index contributed by atoms with van der Waals surface area (Å²) in [6.07, 6.45) is 0. The van der Waals surface area contributed by atoms with Crippen molar-refractivity contribution >= 4 is 31.1 Å². The molecule has 5 rings (SSSR count). The molecule has 2 aromatic rings. The average Bonchev–Trinajstić information content (AvgIpc) is 3.11. The van der Waals surface area contributed by atoms with Gasteiger partial charge < -0.3 is 28.5 Å². The minimum atomic E-state index is -1.27. The van der Waals surface area contributed by atoms with Crippen LogP contribution in [-0.2, 0) is 9.05 Å². The van der Waals surface area contributed by atoms with E-state index in [0.717, 1.165) is 81.8 Å². The first-order chi connectivity index (χ1) is 25.1. The van der Waals surface area contributed by atoms with E-state index in [2.05, 4.69) is 92.5 Å². The van der Waals surface area contributed by atoms with Crippen LogP contribution in [0.5, 0.6) is 0 Å². The Hall–Kier alpha value is -3.84. The molecule has 0 spiro atoms. The first kappa shape index (κ1) is 39.4. The lowest BCUT2D eigenvalue weighted by Gasteiger charge is -2.37. The molecule has 0 radical (unpaired) electrons. The van der Waals surface area contributed by atoms with E-state index in [1.807, 2.05) is 36.1 Å². The van der Waals surface area contributed by atoms with Crippen LogP contribution in [0.4, 0.5) is 5.69 Å². The number of nitrogens with one attached hydrogen (secondary N) is 1. The molecule has 2 aliphatic heterocycles. The Labute approximate surface area is 310 Å². The summed E-state index contributed by atoms with van der Waals surface area (Å²) in [7, 11) is -1.27. The summed E-state index contributed by atoms with van der Waals surface area (Å²) in [6.45, 7) is 30.2. The number of amides is 1. The van der Waals surface area contributed by atoms with E-state index >= 15 is 0 Å². The minimum Gasteiger partial charge on any atom is -0.456 e. The van der Waals surface area contributed by atoms with Crippen molar-refractivity contribution in [2.75, 3.05) is 70.9 Å². The number of hydrogen-bond donors (Lipinski definition) is 1. The van der Waals surface area contributed by atoms with Gasteiger partial charge >= 0.3 is 0 Å². The molecule has 1 amide bonds. The number of aryl methyl sites for hydroxylation is 2. The molecule has 1 saturated heterocycles. The van der Waals surface area contributed by atoms with Gasteiger partial charge in [0.25, 0.3) is 14.4 Å². The van der Waals surface area contributed by atoms with E-state index in [0.29, 0.717) is 45.0 Å². The van der Waals surface area contributed by atoms with Gasteiger partial charge in [-0.15, -0.1) is 0 Å². The smallest absolute Gasteiger partial charge is 0.259 e. The van der Waals surface area contributed by atoms with Gasteiger partial charge in [0.2, 0.25) is 6.54 Å². The Bertz CT molecular complexity index is 1900. The van der Waals surface area contributed by atoms with Crippen molar-refractivity contribution in [3.8, 4) is 22.5 Å². The lowest BCUT2D eigenvalue weighted by molar-refractivity contribution is 0.0615. The summed E-state index contributed by atoms with van der Waals surface area (Å²) in [4.78, 5) is 26.9. The molecule has 52 heavy (non-hydrogen) atoms. The first-order valence-corrected chi connectivity index (χ1v) is 19.7. The highest BCUT2D eigenvalue weighted by atomic mass is 31.2. The van der Waals surface area contributed by atoms with Crippen LogP contribution in [-0.4, -0.2) is 98.0 Å². The molecule has 278 valence electrons. The summed E-state index contributed by atoms with van der Waals surface area (Å²) >= 11 is 0. The number of carbonyl (C=O) groups is 1. The van der Waals surface area contributed by atoms with Gasteiger partial charge in [0.05, 0.1) is 12.0 Å². The molecule has 1 unspecified atom stereocenters. The fraction of sp³-hybridized carbons (Fsp3) is 0.488. The molecule has 10 nitrogen and oxygen atoms in total. The maximum Gasteiger partial charge on any atom is 0.259 e. The fourth-order valence-electron chi connectivity index (χ4n) is 6.99. The van der Waals surface area contributed by atoms with Crippen LogP contribution in [0.25, 0.3) is 38.3 Å². The Balaban J connectivity index is 1.39. The maximum atomic E-state index is 14.4. The number of hydrogen-bond acceptors (Lipinski definition) is 8. The zero-order chi connectivity index (χ0) is 37.4. The summed E-state index contributed by atoms with van der Waals surface area (Å²) in [6, 6.07) is 17.0. The van der Waals surface area contributed by atoms with E-state index in [1.165, 1.54) is 0 Å². The third-order valence-corrected chi connectivity index (χ3v) is 11.5. The van der Waals surface area contributed by atoms with E-state index in [1.54, 1.807) is 0 Å². The van der Waals surface area contributed by atoms with Gasteiger partial charge in [-0.2, -0.15) is 0 Å². The average molecular weight is 727 g/mol. The zero-order valence-corrected chi connectivity index (χ0v) is 33.1. The summed E-state index contributed by atoms with van der Waals surface area (Å²) < 4.78 is 21.3. The number of piperazine rings is 1. The molecular formula is C41H55N6O4P. The first-order valence-electron chi connectivity index (χ1n) is 18.6. The van der Waals surface area contributed by atoms with E-state index < -0.39 is 8.53 Å². The molecule has 0 saturated carbocycles. The van der Waals surface area contributed by atoms with Gasteiger partial charge in [0, 0.05) is 97.8 Å². The Morgan fingerprint density at radius 2 is 1.69 bits per heavy atom. The molecule has 2 aromatic carbocycles. The minimum absolute atomic E-state index is 0.0325. The zero-order valence-electron chi connectivity index (χ0n) is 32.2. The number of nitrogens with zero attached hydrogens (tertiary/aromatic N) is 5. The van der Waals surface area contributed by atoms with Crippen LogP contribution in [0.1, 0.15) is 63.0 Å². The summed E-state index contributed by atoms with van der Waals surface area (Å²) in [5.74, 6) is 0.778. The standard InChI is InChI=1S/C41H55N6O4P/c1-10-43-36-26-38-34(24-30(36)7)40(35-25-31(8)37(44-11-2)27-39(35)51-38)32-14-12-13-15-33(32)41(48)46-19-17-45(18-20-46)21-23-50-52(49-22-16-42-9)47(28(3)4)29(5)6/h12-15,24-29,43H,10-11,16-23H2,1-8H3. The lowest BCUT2D eigenvalue weighted by atomic mass is 9.89. The molecule has 1 fully saturated rings. The van der Waals surface area contributed by atoms with Crippen molar-refractivity contribution in [3.63, 3.8) is 0 Å². The highest BCUT2D eigenvalue weighted by molar-refractivity contribution is 7.44. The van der Waals surface area contributed by atoms with Crippen molar-refractivity contribution < 1.29 is 18.3 Å². The van der Waals surface area contributed by atoms with Crippen LogP contribution in [0.15, 0.2) is 57.9 Å². The maximum absolute atomic E-state index is 14.4. The van der Waals surface area contributed by atoms with E-state index in [4.69, 9.17) is 25.0 Å².